The number of piperidine rings is 1. The van der Waals surface area contributed by atoms with Crippen molar-refractivity contribution in [3.63, 3.8) is 0 Å². The Morgan fingerprint density at radius 2 is 2.33 bits per heavy atom. The third kappa shape index (κ3) is 4.85. The van der Waals surface area contributed by atoms with Crippen LogP contribution in [0.3, 0.4) is 0 Å². The lowest BCUT2D eigenvalue weighted by Gasteiger charge is -2.32. The zero-order valence-electron chi connectivity index (χ0n) is 14.3. The van der Waals surface area contributed by atoms with E-state index in [0.717, 1.165) is 26.1 Å². The van der Waals surface area contributed by atoms with Crippen LogP contribution in [0.2, 0.25) is 0 Å². The Morgan fingerprint density at radius 1 is 1.46 bits per heavy atom. The highest BCUT2D eigenvalue weighted by Crippen LogP contribution is 2.25. The highest BCUT2D eigenvalue weighted by atomic mass is 32.1. The van der Waals surface area contributed by atoms with Crippen molar-refractivity contribution in [2.45, 2.75) is 39.7 Å². The fraction of sp³-hybridized carbons (Fsp3) is 0.500. The number of amides is 1. The molecule has 2 aromatic heterocycles. The Bertz CT molecular complexity index is 700. The lowest BCUT2D eigenvalue weighted by atomic mass is 9.93. The van der Waals surface area contributed by atoms with E-state index in [1.165, 1.54) is 35.9 Å². The molecule has 0 radical (unpaired) electrons. The third-order valence-electron chi connectivity index (χ3n) is 4.29. The molecule has 1 amide bonds. The number of likely N-dealkylation sites (tertiary alicyclic amines) is 1. The summed E-state index contributed by atoms with van der Waals surface area (Å²) in [5.74, 6) is 0.593. The molecule has 3 heterocycles. The van der Waals surface area contributed by atoms with Crippen LogP contribution in [0.15, 0.2) is 24.5 Å². The lowest BCUT2D eigenvalue weighted by Crippen LogP contribution is -2.35. The molecule has 24 heavy (non-hydrogen) atoms. The van der Waals surface area contributed by atoms with Crippen LogP contribution in [0, 0.1) is 12.8 Å². The molecule has 5 nitrogen and oxygen atoms in total. The van der Waals surface area contributed by atoms with Gasteiger partial charge in [-0.1, -0.05) is 0 Å². The molecular weight excluding hydrogens is 320 g/mol. The smallest absolute Gasteiger partial charge is 0.223 e. The van der Waals surface area contributed by atoms with Gasteiger partial charge in [-0.2, -0.15) is 0 Å². The summed E-state index contributed by atoms with van der Waals surface area (Å²) >= 11 is 1.56. The highest BCUT2D eigenvalue weighted by molar-refractivity contribution is 7.15. The van der Waals surface area contributed by atoms with E-state index < -0.39 is 0 Å². The fourth-order valence-corrected chi connectivity index (χ4v) is 4.18. The first-order valence-corrected chi connectivity index (χ1v) is 9.26. The molecular formula is C18H24N4OS. The predicted octanol–water partition coefficient (Wildman–Crippen LogP) is 3.26. The van der Waals surface area contributed by atoms with Gasteiger partial charge in [-0.3, -0.25) is 14.7 Å². The minimum Gasteiger partial charge on any atom is -0.302 e. The Morgan fingerprint density at radius 3 is 3.12 bits per heavy atom. The molecule has 1 unspecified atom stereocenters. The Kier molecular flexibility index (Phi) is 5.58. The van der Waals surface area contributed by atoms with E-state index in [9.17, 15) is 4.79 Å². The molecule has 0 saturated carbocycles. The van der Waals surface area contributed by atoms with Gasteiger partial charge in [0.25, 0.3) is 0 Å². The van der Waals surface area contributed by atoms with Crippen LogP contribution in [0.5, 0.6) is 0 Å². The number of pyridine rings is 1. The molecule has 0 aliphatic carbocycles. The number of carbonyl (C=O) groups is 1. The number of nitrogens with zero attached hydrogens (tertiary/aromatic N) is 3. The number of hydrogen-bond acceptors (Lipinski definition) is 5. The summed E-state index contributed by atoms with van der Waals surface area (Å²) < 4.78 is 0. The molecule has 0 bridgehead atoms. The van der Waals surface area contributed by atoms with Crippen molar-refractivity contribution in [1.82, 2.24) is 14.9 Å². The molecule has 6 heteroatoms. The Balaban J connectivity index is 1.55. The highest BCUT2D eigenvalue weighted by Gasteiger charge is 2.21. The second-order valence-corrected chi connectivity index (χ2v) is 7.70. The number of anilines is 1. The Labute approximate surface area is 147 Å². The van der Waals surface area contributed by atoms with Crippen LogP contribution in [-0.4, -0.2) is 33.9 Å². The topological polar surface area (TPSA) is 58.1 Å². The number of thiazole rings is 1. The number of nitrogens with one attached hydrogen (secondary N) is 1. The van der Waals surface area contributed by atoms with Crippen LogP contribution < -0.4 is 5.32 Å². The Hall–Kier alpha value is -1.79. The maximum absolute atomic E-state index is 11.1. The van der Waals surface area contributed by atoms with Crippen LogP contribution in [0.25, 0.3) is 0 Å². The fourth-order valence-electron chi connectivity index (χ4n) is 3.28. The summed E-state index contributed by atoms with van der Waals surface area (Å²) in [6, 6.07) is 4.25. The van der Waals surface area contributed by atoms with Crippen molar-refractivity contribution in [3.8, 4) is 0 Å². The second-order valence-electron chi connectivity index (χ2n) is 6.58. The summed E-state index contributed by atoms with van der Waals surface area (Å²) in [7, 11) is 0. The van der Waals surface area contributed by atoms with Crippen molar-refractivity contribution in [3.05, 3.63) is 40.7 Å². The van der Waals surface area contributed by atoms with E-state index in [1.807, 2.05) is 18.5 Å². The minimum absolute atomic E-state index is 0.0698. The van der Waals surface area contributed by atoms with Gasteiger partial charge in [0.05, 0.1) is 0 Å². The summed E-state index contributed by atoms with van der Waals surface area (Å²) in [6.07, 6.45) is 7.34. The van der Waals surface area contributed by atoms with Gasteiger partial charge in [0.15, 0.2) is 5.13 Å². The molecule has 3 rings (SSSR count). The van der Waals surface area contributed by atoms with E-state index in [1.54, 1.807) is 11.3 Å². The molecule has 2 aromatic rings. The van der Waals surface area contributed by atoms with Crippen LogP contribution >= 0.6 is 11.3 Å². The molecule has 1 atom stereocenters. The van der Waals surface area contributed by atoms with E-state index in [4.69, 9.17) is 0 Å². The average molecular weight is 344 g/mol. The van der Waals surface area contributed by atoms with Crippen molar-refractivity contribution < 1.29 is 4.79 Å². The number of aryl methyl sites for hydroxylation is 1. The normalized spacial score (nSPS) is 18.5. The van der Waals surface area contributed by atoms with Gasteiger partial charge in [0.1, 0.15) is 0 Å². The predicted molar refractivity (Wildman–Crippen MR) is 97.1 cm³/mol. The second kappa shape index (κ2) is 7.85. The van der Waals surface area contributed by atoms with Crippen LogP contribution in [0.1, 0.15) is 35.9 Å². The van der Waals surface area contributed by atoms with Crippen molar-refractivity contribution in [1.29, 1.82) is 0 Å². The molecule has 1 aliphatic rings. The number of rotatable bonds is 5. The van der Waals surface area contributed by atoms with Gasteiger partial charge in [-0.15, -0.1) is 11.3 Å². The number of carbonyl (C=O) groups excluding carboxylic acids is 1. The molecule has 1 N–H and O–H groups in total. The first-order valence-electron chi connectivity index (χ1n) is 8.44. The van der Waals surface area contributed by atoms with Gasteiger partial charge >= 0.3 is 0 Å². The van der Waals surface area contributed by atoms with Crippen LogP contribution in [0.4, 0.5) is 5.13 Å². The number of hydrogen-bond donors (Lipinski definition) is 1. The zero-order valence-corrected chi connectivity index (χ0v) is 15.1. The van der Waals surface area contributed by atoms with Gasteiger partial charge in [0, 0.05) is 43.0 Å². The number of aromatic nitrogens is 2. The first-order chi connectivity index (χ1) is 11.6. The summed E-state index contributed by atoms with van der Waals surface area (Å²) in [4.78, 5) is 23.6. The molecule has 1 aliphatic heterocycles. The van der Waals surface area contributed by atoms with Crippen molar-refractivity contribution >= 4 is 22.4 Å². The molecule has 0 spiro atoms. The van der Waals surface area contributed by atoms with E-state index >= 15 is 0 Å². The van der Waals surface area contributed by atoms with Gasteiger partial charge in [-0.25, -0.2) is 4.98 Å². The third-order valence-corrected chi connectivity index (χ3v) is 5.19. The monoisotopic (exact) mass is 344 g/mol. The van der Waals surface area contributed by atoms with E-state index in [0.29, 0.717) is 11.0 Å². The first kappa shape index (κ1) is 17.0. The maximum Gasteiger partial charge on any atom is 0.223 e. The quantitative estimate of drug-likeness (QED) is 0.904. The van der Waals surface area contributed by atoms with Gasteiger partial charge in [-0.05, 0) is 56.3 Å². The zero-order chi connectivity index (χ0) is 16.9. The summed E-state index contributed by atoms with van der Waals surface area (Å²) in [5, 5.41) is 3.44. The van der Waals surface area contributed by atoms with Crippen LogP contribution in [-0.2, 0) is 17.8 Å². The summed E-state index contributed by atoms with van der Waals surface area (Å²) in [5.41, 5.74) is 2.48. The average Bonchev–Trinajstić information content (AvgIpc) is 2.94. The largest absolute Gasteiger partial charge is 0.302 e. The van der Waals surface area contributed by atoms with E-state index in [-0.39, 0.29) is 5.91 Å². The summed E-state index contributed by atoms with van der Waals surface area (Å²) in [6.45, 7) is 6.77. The van der Waals surface area contributed by atoms with E-state index in [2.05, 4.69) is 33.2 Å². The molecule has 128 valence electrons. The molecule has 1 saturated heterocycles. The van der Waals surface area contributed by atoms with Crippen molar-refractivity contribution in [2.24, 2.45) is 5.92 Å². The lowest BCUT2D eigenvalue weighted by molar-refractivity contribution is -0.114. The molecule has 1 fully saturated rings. The van der Waals surface area contributed by atoms with Crippen molar-refractivity contribution in [2.75, 3.05) is 18.4 Å². The SMILES string of the molecule is CC(=O)Nc1ncc(CN2CCCC(Cc3cc(C)ccn3)C2)s1. The molecule has 0 aromatic carbocycles. The van der Waals surface area contributed by atoms with Gasteiger partial charge < -0.3 is 5.32 Å². The standard InChI is InChI=1S/C18H24N4OS/c1-13-5-6-19-16(8-13)9-15-4-3-7-22(11-15)12-17-10-20-18(24-17)21-14(2)23/h5-6,8,10,15H,3-4,7,9,11-12H2,1-2H3,(H,20,21,23). The minimum atomic E-state index is -0.0698. The van der Waals surface area contributed by atoms with Gasteiger partial charge in [0.2, 0.25) is 5.91 Å². The maximum atomic E-state index is 11.1.